The number of hydrogen-bond donors (Lipinski definition) is 1. The minimum absolute atomic E-state index is 0.0580. The second kappa shape index (κ2) is 4.97. The Morgan fingerprint density at radius 2 is 1.86 bits per heavy atom. The number of aromatic nitrogens is 2. The molecular formula is C16H25N3O2. The molecule has 0 radical (unpaired) electrons. The number of hydrogen-bond acceptors (Lipinski definition) is 3. The molecule has 116 valence electrons. The Bertz CT molecular complexity index is 629. The van der Waals surface area contributed by atoms with Crippen molar-refractivity contribution in [2.24, 2.45) is 5.41 Å². The number of carbonyl (C=O) groups is 1. The SMILES string of the molecule is CCc1n[nH]c(=O)c(C(=O)N2CC(C)(C)C2(C)C)c1CC. The third kappa shape index (κ3) is 2.19. The standard InChI is InChI=1S/C16H25N3O2/c1-7-10-11(8-2)17-18-13(20)12(10)14(21)19-9-15(3,4)16(19,5)6/h7-9H2,1-6H3,(H,18,20). The largest absolute Gasteiger partial charge is 0.332 e. The number of H-pyrrole nitrogens is 1. The summed E-state index contributed by atoms with van der Waals surface area (Å²) >= 11 is 0. The zero-order valence-electron chi connectivity index (χ0n) is 13.8. The van der Waals surface area contributed by atoms with Crippen molar-refractivity contribution in [2.45, 2.75) is 59.9 Å². The van der Waals surface area contributed by atoms with Crippen molar-refractivity contribution in [1.29, 1.82) is 0 Å². The Balaban J connectivity index is 2.49. The van der Waals surface area contributed by atoms with Gasteiger partial charge < -0.3 is 4.90 Å². The van der Waals surface area contributed by atoms with Crippen LogP contribution in [0.25, 0.3) is 0 Å². The van der Waals surface area contributed by atoms with Gasteiger partial charge in [0.05, 0.1) is 5.69 Å². The number of carbonyl (C=O) groups excluding carboxylic acids is 1. The molecular weight excluding hydrogens is 266 g/mol. The third-order valence-corrected chi connectivity index (χ3v) is 5.20. The monoisotopic (exact) mass is 291 g/mol. The fourth-order valence-electron chi connectivity index (χ4n) is 2.94. The highest BCUT2D eigenvalue weighted by Gasteiger charge is 2.55. The second-order valence-electron chi connectivity index (χ2n) is 6.89. The lowest BCUT2D eigenvalue weighted by Crippen LogP contribution is -2.71. The summed E-state index contributed by atoms with van der Waals surface area (Å²) in [7, 11) is 0. The van der Waals surface area contributed by atoms with Crippen molar-refractivity contribution in [3.63, 3.8) is 0 Å². The number of nitrogens with one attached hydrogen (secondary N) is 1. The summed E-state index contributed by atoms with van der Waals surface area (Å²) in [6.07, 6.45) is 1.34. The van der Waals surface area contributed by atoms with Crippen LogP contribution in [0, 0.1) is 5.41 Å². The van der Waals surface area contributed by atoms with Crippen molar-refractivity contribution in [3.8, 4) is 0 Å². The predicted octanol–water partition coefficient (Wildman–Crippen LogP) is 2.16. The molecule has 1 N–H and O–H groups in total. The first-order valence-corrected chi connectivity index (χ1v) is 7.59. The lowest BCUT2D eigenvalue weighted by molar-refractivity contribution is -0.0883. The van der Waals surface area contributed by atoms with Crippen molar-refractivity contribution >= 4 is 5.91 Å². The smallest absolute Gasteiger partial charge is 0.277 e. The van der Waals surface area contributed by atoms with E-state index in [1.165, 1.54) is 0 Å². The summed E-state index contributed by atoms with van der Waals surface area (Å²) in [4.78, 5) is 26.8. The molecule has 1 fully saturated rings. The van der Waals surface area contributed by atoms with Crippen LogP contribution in [0.5, 0.6) is 0 Å². The number of amides is 1. The average molecular weight is 291 g/mol. The fourth-order valence-corrected chi connectivity index (χ4v) is 2.94. The molecule has 5 nitrogen and oxygen atoms in total. The molecule has 1 aromatic rings. The molecule has 2 rings (SSSR count). The summed E-state index contributed by atoms with van der Waals surface area (Å²) in [5, 5.41) is 6.54. The van der Waals surface area contributed by atoms with E-state index in [0.29, 0.717) is 19.4 Å². The highest BCUT2D eigenvalue weighted by atomic mass is 16.2. The zero-order valence-corrected chi connectivity index (χ0v) is 13.8. The van der Waals surface area contributed by atoms with Crippen LogP contribution in [0.15, 0.2) is 4.79 Å². The summed E-state index contributed by atoms with van der Waals surface area (Å²) in [6, 6.07) is 0. The van der Waals surface area contributed by atoms with Crippen LogP contribution in [0.4, 0.5) is 0 Å². The molecule has 0 aromatic carbocycles. The van der Waals surface area contributed by atoms with Gasteiger partial charge in [-0.15, -0.1) is 0 Å². The molecule has 0 unspecified atom stereocenters. The molecule has 1 saturated heterocycles. The highest BCUT2D eigenvalue weighted by Crippen LogP contribution is 2.46. The Morgan fingerprint density at radius 1 is 1.24 bits per heavy atom. The van der Waals surface area contributed by atoms with Gasteiger partial charge in [0.1, 0.15) is 5.56 Å². The van der Waals surface area contributed by atoms with E-state index in [1.54, 1.807) is 4.90 Å². The third-order valence-electron chi connectivity index (χ3n) is 5.20. The first kappa shape index (κ1) is 15.7. The lowest BCUT2D eigenvalue weighted by atomic mass is 9.65. The molecule has 1 aliphatic heterocycles. The average Bonchev–Trinajstić information content (AvgIpc) is 2.43. The summed E-state index contributed by atoms with van der Waals surface area (Å²) in [5.74, 6) is -0.172. The predicted molar refractivity (Wildman–Crippen MR) is 82.5 cm³/mol. The highest BCUT2D eigenvalue weighted by molar-refractivity contribution is 5.96. The second-order valence-corrected chi connectivity index (χ2v) is 6.89. The molecule has 0 saturated carbocycles. The maximum atomic E-state index is 12.9. The van der Waals surface area contributed by atoms with Gasteiger partial charge in [0, 0.05) is 17.5 Å². The van der Waals surface area contributed by atoms with Gasteiger partial charge in [-0.25, -0.2) is 5.10 Å². The Kier molecular flexibility index (Phi) is 3.72. The summed E-state index contributed by atoms with van der Waals surface area (Å²) in [6.45, 7) is 13.0. The number of rotatable bonds is 3. The van der Waals surface area contributed by atoms with Crippen LogP contribution in [0.1, 0.15) is 63.2 Å². The molecule has 2 heterocycles. The molecule has 1 aliphatic rings. The maximum Gasteiger partial charge on any atom is 0.277 e. The summed E-state index contributed by atoms with van der Waals surface area (Å²) < 4.78 is 0. The zero-order chi connectivity index (χ0) is 16.0. The topological polar surface area (TPSA) is 66.1 Å². The van der Waals surface area contributed by atoms with Gasteiger partial charge in [-0.2, -0.15) is 5.10 Å². The van der Waals surface area contributed by atoms with Gasteiger partial charge in [0.15, 0.2) is 0 Å². The van der Waals surface area contributed by atoms with Crippen LogP contribution in [-0.2, 0) is 12.8 Å². The number of likely N-dealkylation sites (tertiary alicyclic amines) is 1. The van der Waals surface area contributed by atoms with Gasteiger partial charge in [0.25, 0.3) is 11.5 Å². The van der Waals surface area contributed by atoms with Gasteiger partial charge in [-0.1, -0.05) is 27.7 Å². The van der Waals surface area contributed by atoms with Crippen LogP contribution in [0.3, 0.4) is 0 Å². The van der Waals surface area contributed by atoms with Gasteiger partial charge in [-0.05, 0) is 32.3 Å². The molecule has 1 aromatic heterocycles. The molecule has 0 aliphatic carbocycles. The van der Waals surface area contributed by atoms with E-state index >= 15 is 0 Å². The number of nitrogens with zero attached hydrogens (tertiary/aromatic N) is 2. The molecule has 0 bridgehead atoms. The quantitative estimate of drug-likeness (QED) is 0.928. The normalized spacial score (nSPS) is 19.2. The Morgan fingerprint density at radius 3 is 2.29 bits per heavy atom. The molecule has 1 amide bonds. The van der Waals surface area contributed by atoms with E-state index < -0.39 is 0 Å². The van der Waals surface area contributed by atoms with E-state index in [-0.39, 0.29) is 28.0 Å². The van der Waals surface area contributed by atoms with Gasteiger partial charge >= 0.3 is 0 Å². The number of aryl methyl sites for hydroxylation is 1. The Hall–Kier alpha value is -1.65. The van der Waals surface area contributed by atoms with E-state index in [1.807, 2.05) is 13.8 Å². The lowest BCUT2D eigenvalue weighted by Gasteiger charge is -2.61. The van der Waals surface area contributed by atoms with Crippen LogP contribution < -0.4 is 5.56 Å². The van der Waals surface area contributed by atoms with Crippen LogP contribution in [-0.4, -0.2) is 33.1 Å². The minimum Gasteiger partial charge on any atom is -0.332 e. The van der Waals surface area contributed by atoms with E-state index in [9.17, 15) is 9.59 Å². The van der Waals surface area contributed by atoms with Crippen molar-refractivity contribution < 1.29 is 4.79 Å². The van der Waals surface area contributed by atoms with E-state index in [0.717, 1.165) is 11.3 Å². The number of aromatic amines is 1. The van der Waals surface area contributed by atoms with Gasteiger partial charge in [-0.3, -0.25) is 9.59 Å². The maximum absolute atomic E-state index is 12.9. The van der Waals surface area contributed by atoms with Crippen LogP contribution in [0.2, 0.25) is 0 Å². The van der Waals surface area contributed by atoms with E-state index in [2.05, 4.69) is 37.9 Å². The minimum atomic E-state index is -0.380. The fraction of sp³-hybridized carbons (Fsp3) is 0.688. The van der Waals surface area contributed by atoms with Crippen molar-refractivity contribution in [2.75, 3.05) is 6.54 Å². The Labute approximate surface area is 125 Å². The molecule has 0 atom stereocenters. The molecule has 21 heavy (non-hydrogen) atoms. The van der Waals surface area contributed by atoms with Crippen molar-refractivity contribution in [3.05, 3.63) is 27.2 Å². The molecule has 5 heteroatoms. The summed E-state index contributed by atoms with van der Waals surface area (Å²) in [5.41, 5.74) is 1.28. The van der Waals surface area contributed by atoms with Crippen LogP contribution >= 0.6 is 0 Å². The first-order valence-electron chi connectivity index (χ1n) is 7.59. The first-order chi connectivity index (χ1) is 9.67. The molecule has 0 spiro atoms. The van der Waals surface area contributed by atoms with E-state index in [4.69, 9.17) is 0 Å². The van der Waals surface area contributed by atoms with Crippen molar-refractivity contribution in [1.82, 2.24) is 15.1 Å². The van der Waals surface area contributed by atoms with Gasteiger partial charge in [0.2, 0.25) is 0 Å².